The van der Waals surface area contributed by atoms with Gasteiger partial charge >= 0.3 is 0 Å². The fourth-order valence-corrected chi connectivity index (χ4v) is 2.36. The zero-order valence-electron chi connectivity index (χ0n) is 9.95. The Morgan fingerprint density at radius 3 is 3.06 bits per heavy atom. The lowest BCUT2D eigenvalue weighted by molar-refractivity contribution is 0.318. The van der Waals surface area contributed by atoms with E-state index in [4.69, 9.17) is 10.9 Å². The van der Waals surface area contributed by atoms with Crippen LogP contribution in [0.25, 0.3) is 0 Å². The summed E-state index contributed by atoms with van der Waals surface area (Å²) >= 11 is 1.66. The van der Waals surface area contributed by atoms with Crippen molar-refractivity contribution < 1.29 is 5.21 Å². The Morgan fingerprint density at radius 1 is 1.56 bits per heavy atom. The molecule has 0 aliphatic heterocycles. The number of anilines is 1. The number of hydrogen-bond acceptors (Lipinski definition) is 5. The molecule has 0 spiro atoms. The van der Waals surface area contributed by atoms with Crippen LogP contribution in [0.1, 0.15) is 11.1 Å². The van der Waals surface area contributed by atoms with Gasteiger partial charge in [-0.25, -0.2) is 0 Å². The van der Waals surface area contributed by atoms with Crippen LogP contribution >= 0.6 is 11.3 Å². The number of thiophene rings is 1. The topological polar surface area (TPSA) is 74.7 Å². The SMILES string of the molecule is CN(Cc1ccsc1)c1cnccc1/C(N)=N/O. The Morgan fingerprint density at radius 2 is 2.39 bits per heavy atom. The summed E-state index contributed by atoms with van der Waals surface area (Å²) in [4.78, 5) is 6.10. The van der Waals surface area contributed by atoms with Crippen LogP contribution in [0, 0.1) is 0 Å². The number of rotatable bonds is 4. The van der Waals surface area contributed by atoms with Crippen molar-refractivity contribution in [2.45, 2.75) is 6.54 Å². The van der Waals surface area contributed by atoms with Gasteiger partial charge < -0.3 is 15.8 Å². The average Bonchev–Trinajstić information content (AvgIpc) is 2.90. The minimum atomic E-state index is 0.0876. The van der Waals surface area contributed by atoms with Crippen molar-refractivity contribution in [2.75, 3.05) is 11.9 Å². The number of amidine groups is 1. The van der Waals surface area contributed by atoms with Crippen molar-refractivity contribution in [3.05, 3.63) is 46.4 Å². The van der Waals surface area contributed by atoms with Crippen LogP contribution in [0.4, 0.5) is 5.69 Å². The van der Waals surface area contributed by atoms with Gasteiger partial charge in [-0.3, -0.25) is 4.98 Å². The van der Waals surface area contributed by atoms with Gasteiger partial charge in [0.25, 0.3) is 0 Å². The molecule has 0 amide bonds. The van der Waals surface area contributed by atoms with Crippen LogP contribution in [-0.2, 0) is 6.54 Å². The first-order valence-corrected chi connectivity index (χ1v) is 6.30. The lowest BCUT2D eigenvalue weighted by Gasteiger charge is -2.20. The van der Waals surface area contributed by atoms with Crippen LogP contribution in [-0.4, -0.2) is 23.1 Å². The smallest absolute Gasteiger partial charge is 0.172 e. The van der Waals surface area contributed by atoms with Gasteiger partial charge in [-0.05, 0) is 28.5 Å². The van der Waals surface area contributed by atoms with E-state index in [1.165, 1.54) is 5.56 Å². The van der Waals surface area contributed by atoms with Gasteiger partial charge in [-0.15, -0.1) is 0 Å². The molecule has 3 N–H and O–H groups in total. The van der Waals surface area contributed by atoms with Gasteiger partial charge in [0.05, 0.1) is 11.9 Å². The summed E-state index contributed by atoms with van der Waals surface area (Å²) in [5, 5.41) is 15.9. The Labute approximate surface area is 109 Å². The number of oxime groups is 1. The van der Waals surface area contributed by atoms with E-state index < -0.39 is 0 Å². The molecule has 0 aromatic carbocycles. The van der Waals surface area contributed by atoms with Crippen molar-refractivity contribution in [3.8, 4) is 0 Å². The third-order valence-electron chi connectivity index (χ3n) is 2.59. The molecular weight excluding hydrogens is 248 g/mol. The largest absolute Gasteiger partial charge is 0.409 e. The molecule has 0 fully saturated rings. The molecule has 5 nitrogen and oxygen atoms in total. The zero-order valence-corrected chi connectivity index (χ0v) is 10.8. The highest BCUT2D eigenvalue weighted by molar-refractivity contribution is 7.07. The van der Waals surface area contributed by atoms with Gasteiger partial charge in [0.15, 0.2) is 5.84 Å². The van der Waals surface area contributed by atoms with E-state index in [9.17, 15) is 0 Å². The summed E-state index contributed by atoms with van der Waals surface area (Å²) in [6, 6.07) is 3.80. The Hall–Kier alpha value is -2.08. The van der Waals surface area contributed by atoms with Crippen LogP contribution in [0.5, 0.6) is 0 Å². The number of nitrogens with two attached hydrogens (primary N) is 1. The Balaban J connectivity index is 2.27. The normalized spacial score (nSPS) is 11.5. The highest BCUT2D eigenvalue weighted by atomic mass is 32.1. The van der Waals surface area contributed by atoms with Gasteiger partial charge in [0.1, 0.15) is 0 Å². The molecule has 0 aliphatic rings. The van der Waals surface area contributed by atoms with E-state index in [0.29, 0.717) is 5.56 Å². The van der Waals surface area contributed by atoms with Crippen molar-refractivity contribution in [1.29, 1.82) is 0 Å². The molecule has 0 saturated heterocycles. The van der Waals surface area contributed by atoms with Crippen LogP contribution in [0.2, 0.25) is 0 Å². The second kappa shape index (κ2) is 5.50. The monoisotopic (exact) mass is 262 g/mol. The zero-order chi connectivity index (χ0) is 13.0. The molecule has 2 heterocycles. The first kappa shape index (κ1) is 12.4. The van der Waals surface area contributed by atoms with Gasteiger partial charge in [-0.1, -0.05) is 5.16 Å². The molecule has 18 heavy (non-hydrogen) atoms. The molecule has 0 bridgehead atoms. The van der Waals surface area contributed by atoms with E-state index in [1.54, 1.807) is 29.8 Å². The molecule has 0 unspecified atom stereocenters. The number of nitrogens with zero attached hydrogens (tertiary/aromatic N) is 3. The van der Waals surface area contributed by atoms with Crippen molar-refractivity contribution in [3.63, 3.8) is 0 Å². The standard InChI is InChI=1S/C12H14N4OS/c1-16(7-9-3-5-18-8-9)11-6-14-4-2-10(11)12(13)15-17/h2-6,8,17H,7H2,1H3,(H2,13,15). The average molecular weight is 262 g/mol. The van der Waals surface area contributed by atoms with Crippen LogP contribution < -0.4 is 10.6 Å². The maximum Gasteiger partial charge on any atom is 0.172 e. The summed E-state index contributed by atoms with van der Waals surface area (Å²) < 4.78 is 0. The second-order valence-corrected chi connectivity index (χ2v) is 4.65. The van der Waals surface area contributed by atoms with Crippen molar-refractivity contribution in [1.82, 2.24) is 4.98 Å². The summed E-state index contributed by atoms with van der Waals surface area (Å²) in [6.45, 7) is 0.751. The van der Waals surface area contributed by atoms with Crippen LogP contribution in [0.3, 0.4) is 0 Å². The third kappa shape index (κ3) is 2.60. The molecule has 2 aromatic rings. The lowest BCUT2D eigenvalue weighted by Crippen LogP contribution is -2.22. The molecule has 0 saturated carbocycles. The lowest BCUT2D eigenvalue weighted by atomic mass is 10.2. The number of hydrogen-bond donors (Lipinski definition) is 2. The summed E-state index contributed by atoms with van der Waals surface area (Å²) in [7, 11) is 1.95. The van der Waals surface area contributed by atoms with E-state index in [1.807, 2.05) is 17.3 Å². The quantitative estimate of drug-likeness (QED) is 0.382. The van der Waals surface area contributed by atoms with E-state index >= 15 is 0 Å². The van der Waals surface area contributed by atoms with Gasteiger partial charge in [0, 0.05) is 25.4 Å². The summed E-state index contributed by atoms with van der Waals surface area (Å²) in [5.74, 6) is 0.0876. The van der Waals surface area contributed by atoms with E-state index in [-0.39, 0.29) is 5.84 Å². The fourth-order valence-electron chi connectivity index (χ4n) is 1.70. The van der Waals surface area contributed by atoms with Crippen molar-refractivity contribution in [2.24, 2.45) is 10.9 Å². The summed E-state index contributed by atoms with van der Waals surface area (Å²) in [6.07, 6.45) is 3.33. The second-order valence-electron chi connectivity index (χ2n) is 3.87. The molecule has 2 aromatic heterocycles. The molecular formula is C12H14N4OS. The maximum atomic E-state index is 8.78. The first-order chi connectivity index (χ1) is 8.72. The highest BCUT2D eigenvalue weighted by Gasteiger charge is 2.11. The summed E-state index contributed by atoms with van der Waals surface area (Å²) in [5.41, 5.74) is 8.38. The molecule has 0 aliphatic carbocycles. The van der Waals surface area contributed by atoms with Gasteiger partial charge in [-0.2, -0.15) is 11.3 Å². The third-order valence-corrected chi connectivity index (χ3v) is 3.33. The molecule has 0 atom stereocenters. The highest BCUT2D eigenvalue weighted by Crippen LogP contribution is 2.20. The predicted molar refractivity (Wildman–Crippen MR) is 73.2 cm³/mol. The van der Waals surface area contributed by atoms with E-state index in [0.717, 1.165) is 12.2 Å². The fraction of sp³-hybridized carbons (Fsp3) is 0.167. The number of aromatic nitrogens is 1. The predicted octanol–water partition coefficient (Wildman–Crippen LogP) is 1.87. The molecule has 0 radical (unpaired) electrons. The maximum absolute atomic E-state index is 8.78. The number of pyridine rings is 1. The van der Waals surface area contributed by atoms with Crippen molar-refractivity contribution >= 4 is 22.9 Å². The minimum Gasteiger partial charge on any atom is -0.409 e. The molecule has 6 heteroatoms. The molecule has 94 valence electrons. The Kier molecular flexibility index (Phi) is 3.78. The minimum absolute atomic E-state index is 0.0876. The van der Waals surface area contributed by atoms with Gasteiger partial charge in [0.2, 0.25) is 0 Å². The Bertz CT molecular complexity index is 539. The first-order valence-electron chi connectivity index (χ1n) is 5.36. The molecule has 2 rings (SSSR count). The van der Waals surface area contributed by atoms with E-state index in [2.05, 4.69) is 21.6 Å². The van der Waals surface area contributed by atoms with Crippen LogP contribution in [0.15, 0.2) is 40.4 Å².